The number of nitrogens with zero attached hydrogens (tertiary/aromatic N) is 6. The summed E-state index contributed by atoms with van der Waals surface area (Å²) in [6.45, 7) is 12.5. The van der Waals surface area contributed by atoms with E-state index in [-0.39, 0.29) is 34.7 Å². The van der Waals surface area contributed by atoms with Crippen molar-refractivity contribution in [3.63, 3.8) is 0 Å². The van der Waals surface area contributed by atoms with Gasteiger partial charge >= 0.3 is 0 Å². The average Bonchev–Trinajstić information content (AvgIpc) is 3.82. The first kappa shape index (κ1) is 55.0. The van der Waals surface area contributed by atoms with Crippen LogP contribution in [0.5, 0.6) is 11.6 Å². The molecule has 2 aliphatic carbocycles. The van der Waals surface area contributed by atoms with Crippen LogP contribution in [-0.4, -0.2) is 128 Å². The fraction of sp³-hybridized carbons (Fsp3) is 0.460. The van der Waals surface area contributed by atoms with Crippen LogP contribution in [0.25, 0.3) is 22.0 Å². The smallest absolute Gasteiger partial charge is 0.293 e. The second kappa shape index (κ2) is 21.8. The quantitative estimate of drug-likeness (QED) is 0.0587. The zero-order valence-corrected chi connectivity index (χ0v) is 48.4. The molecule has 3 atom stereocenters. The Hall–Kier alpha value is -7.23. The first-order valence-electron chi connectivity index (χ1n) is 29.3. The molecule has 1 spiro atoms. The highest BCUT2D eigenvalue weighted by Gasteiger charge is 2.50. The highest BCUT2D eigenvalue weighted by molar-refractivity contribution is 7.90. The predicted octanol–water partition coefficient (Wildman–Crippen LogP) is 10.3. The van der Waals surface area contributed by atoms with Gasteiger partial charge in [-0.25, -0.2) is 13.1 Å². The minimum Gasteiger partial charge on any atom is -0.493 e. The van der Waals surface area contributed by atoms with Gasteiger partial charge in [0.15, 0.2) is 11.3 Å². The number of carbonyl (C=O) groups is 1. The first-order valence-corrected chi connectivity index (χ1v) is 30.8. The molecule has 0 radical (unpaired) electrons. The fourth-order valence-electron chi connectivity index (χ4n) is 14.3. The van der Waals surface area contributed by atoms with Crippen molar-refractivity contribution in [1.82, 2.24) is 24.5 Å². The average molecular weight is 1150 g/mol. The number of aliphatic hydroxyl groups is 1. The number of methoxy groups -OCH3 is 1. The van der Waals surface area contributed by atoms with E-state index >= 15 is 0 Å². The Kier molecular flexibility index (Phi) is 14.4. The fourth-order valence-corrected chi connectivity index (χ4v) is 15.3. The van der Waals surface area contributed by atoms with Gasteiger partial charge in [-0.1, -0.05) is 24.3 Å². The van der Waals surface area contributed by atoms with E-state index in [2.05, 4.69) is 84.0 Å². The van der Waals surface area contributed by atoms with Crippen LogP contribution in [0.2, 0.25) is 0 Å². The van der Waals surface area contributed by atoms with Crippen molar-refractivity contribution in [2.24, 2.45) is 11.3 Å². The normalized spacial score (nSPS) is 24.0. The third-order valence-corrected chi connectivity index (χ3v) is 20.3. The largest absolute Gasteiger partial charge is 0.493 e. The number of aromatic amines is 1. The summed E-state index contributed by atoms with van der Waals surface area (Å²) in [6, 6.07) is 28.8. The van der Waals surface area contributed by atoms with Crippen LogP contribution >= 0.6 is 0 Å². The third kappa shape index (κ3) is 10.8. The SMILES string of the molecule is COc1cc(CN2CCN(C3CC4(CCN(c5ccc(C(=O)NS(=O)(=O)c6ccc(NC[C@H]7CC[C@](C)(O)CC7)c([N+](=O)[O-])c6)c(N6c7cc8cc[nH]c8nc7O[C@H]7COCC[C@@H]76)c5)CC4)C3)[C@H](c3ccccc3C)C2)cc2cc(C)oc12. The molecular formula is C63H73N9O10S. The maximum absolute atomic E-state index is 14.8. The van der Waals surface area contributed by atoms with Crippen LogP contribution in [0.3, 0.4) is 0 Å². The number of amides is 1. The van der Waals surface area contributed by atoms with Crippen molar-refractivity contribution in [2.45, 2.75) is 120 Å². The summed E-state index contributed by atoms with van der Waals surface area (Å²) in [5.74, 6) is 1.30. The lowest BCUT2D eigenvalue weighted by atomic mass is 9.59. The number of fused-ring (bicyclic) bond motifs is 4. The number of pyridine rings is 1. The lowest BCUT2D eigenvalue weighted by Gasteiger charge is -2.58. The van der Waals surface area contributed by atoms with E-state index in [1.165, 1.54) is 28.8 Å². The summed E-state index contributed by atoms with van der Waals surface area (Å²) in [6.07, 6.45) is 8.97. The Morgan fingerprint density at radius 1 is 0.928 bits per heavy atom. The van der Waals surface area contributed by atoms with Crippen molar-refractivity contribution >= 4 is 66.4 Å². The summed E-state index contributed by atoms with van der Waals surface area (Å²) in [5.41, 5.74) is 6.70. The molecule has 7 aromatic rings. The van der Waals surface area contributed by atoms with Crippen molar-refractivity contribution in [3.8, 4) is 11.6 Å². The Morgan fingerprint density at radius 2 is 1.73 bits per heavy atom. The second-order valence-corrected chi connectivity index (χ2v) is 26.2. The number of aryl methyl sites for hydroxylation is 2. The molecule has 3 aromatic heterocycles. The number of piperazine rings is 1. The van der Waals surface area contributed by atoms with Crippen molar-refractivity contribution < 1.29 is 41.9 Å². The number of piperidine rings is 1. The number of nitro groups is 1. The van der Waals surface area contributed by atoms with Crippen LogP contribution < -0.4 is 29.3 Å². The third-order valence-electron chi connectivity index (χ3n) is 19.0. The Morgan fingerprint density at radius 3 is 2.52 bits per heavy atom. The van der Waals surface area contributed by atoms with E-state index in [0.717, 1.165) is 117 Å². The number of anilines is 4. The molecule has 436 valence electrons. The number of hydrogen-bond donors (Lipinski definition) is 4. The van der Waals surface area contributed by atoms with E-state index in [0.29, 0.717) is 68.0 Å². The van der Waals surface area contributed by atoms with E-state index < -0.39 is 43.1 Å². The van der Waals surface area contributed by atoms with E-state index in [9.17, 15) is 28.4 Å². The Bertz CT molecular complexity index is 3730. The highest BCUT2D eigenvalue weighted by Crippen LogP contribution is 2.54. The van der Waals surface area contributed by atoms with Crippen LogP contribution in [0.15, 0.2) is 107 Å². The zero-order valence-electron chi connectivity index (χ0n) is 47.6. The van der Waals surface area contributed by atoms with E-state index in [1.54, 1.807) is 13.2 Å². The Labute approximate surface area is 483 Å². The van der Waals surface area contributed by atoms with Crippen molar-refractivity contribution in [1.29, 1.82) is 0 Å². The molecule has 1 amide bonds. The van der Waals surface area contributed by atoms with Crippen LogP contribution in [0.1, 0.15) is 104 Å². The number of ether oxygens (including phenoxy) is 3. The number of rotatable bonds is 14. The lowest BCUT2D eigenvalue weighted by Crippen LogP contribution is -2.59. The molecule has 0 unspecified atom stereocenters. The molecule has 20 heteroatoms. The number of furan rings is 1. The van der Waals surface area contributed by atoms with Crippen LogP contribution in [0, 0.1) is 35.3 Å². The molecule has 0 bridgehead atoms. The zero-order chi connectivity index (χ0) is 57.4. The van der Waals surface area contributed by atoms with Gasteiger partial charge in [0.2, 0.25) is 5.88 Å². The molecular weight excluding hydrogens is 1070 g/mol. The van der Waals surface area contributed by atoms with Crippen molar-refractivity contribution in [3.05, 3.63) is 135 Å². The summed E-state index contributed by atoms with van der Waals surface area (Å²) in [7, 11) is -2.94. The number of nitro benzene ring substituents is 1. The number of benzene rings is 4. The molecule has 7 heterocycles. The van der Waals surface area contributed by atoms with Gasteiger partial charge in [-0.05, 0) is 167 Å². The molecule has 13 rings (SSSR count). The monoisotopic (exact) mass is 1150 g/mol. The van der Waals surface area contributed by atoms with Crippen LogP contribution in [-0.2, 0) is 21.3 Å². The van der Waals surface area contributed by atoms with Crippen LogP contribution in [0.4, 0.5) is 28.4 Å². The number of hydrogen-bond acceptors (Lipinski definition) is 16. The molecule has 4 N–H and O–H groups in total. The maximum Gasteiger partial charge on any atom is 0.293 e. The van der Waals surface area contributed by atoms with Gasteiger partial charge in [-0.2, -0.15) is 4.98 Å². The summed E-state index contributed by atoms with van der Waals surface area (Å²) in [5, 5.41) is 27.9. The molecule has 3 saturated heterocycles. The summed E-state index contributed by atoms with van der Waals surface area (Å²) >= 11 is 0. The van der Waals surface area contributed by atoms with Gasteiger partial charge in [0.05, 0.1) is 46.4 Å². The Balaban J connectivity index is 0.748. The number of carbonyl (C=O) groups excluding carboxylic acids is 1. The van der Waals surface area contributed by atoms with E-state index in [4.69, 9.17) is 23.6 Å². The van der Waals surface area contributed by atoms with Gasteiger partial charge in [0.25, 0.3) is 21.6 Å². The minimum absolute atomic E-state index is 0.108. The lowest BCUT2D eigenvalue weighted by molar-refractivity contribution is -0.384. The summed E-state index contributed by atoms with van der Waals surface area (Å²) < 4.78 is 55.1. The van der Waals surface area contributed by atoms with Gasteiger partial charge in [0.1, 0.15) is 28.9 Å². The number of aromatic nitrogens is 2. The summed E-state index contributed by atoms with van der Waals surface area (Å²) in [4.78, 5) is 44.2. The standard InChI is InChI=1S/C63H73N9O10S/c1-39-7-5-6-8-48(39)55-37-68(36-42-28-44-27-40(2)81-58(44)56(29-42)79-4)24-25-70(55)46-33-63(34-46)19-22-69(23-20-63)45-9-11-49(52(31-45)71-51-16-26-80-38-57(51)82-61-54(71)30-43-15-21-64-59(43)66-61)60(73)67-83(77,78)47-10-12-50(53(32-47)72(75)76)65-35-41-13-17-62(3,74)18-14-41/h5-12,15,21,27-32,41,46,51,55,57,65,74H,13-14,16-20,22-26,33-38H2,1-4H3,(H,64,66)(H,67,73)/t41-,51-,55-,57-,62-/m0/s1. The molecule has 6 aliphatic rings. The number of H-pyrrole nitrogens is 1. The molecule has 83 heavy (non-hydrogen) atoms. The number of sulfonamides is 1. The maximum atomic E-state index is 14.8. The molecule has 4 aliphatic heterocycles. The second-order valence-electron chi connectivity index (χ2n) is 24.5. The van der Waals surface area contributed by atoms with Gasteiger partial charge in [-0.15, -0.1) is 0 Å². The topological polar surface area (TPSA) is 221 Å². The molecule has 5 fully saturated rings. The van der Waals surface area contributed by atoms with Gasteiger partial charge in [0, 0.05) is 93.2 Å². The number of nitrogens with one attached hydrogen (secondary N) is 3. The predicted molar refractivity (Wildman–Crippen MR) is 317 cm³/mol. The highest BCUT2D eigenvalue weighted by atomic mass is 32.2. The molecule has 2 saturated carbocycles. The molecule has 19 nitrogen and oxygen atoms in total. The van der Waals surface area contributed by atoms with Crippen molar-refractivity contribution in [2.75, 3.05) is 74.7 Å². The van der Waals surface area contributed by atoms with E-state index in [1.807, 2.05) is 44.3 Å². The van der Waals surface area contributed by atoms with Gasteiger partial charge < -0.3 is 43.8 Å². The minimum atomic E-state index is -4.64. The van der Waals surface area contributed by atoms with Gasteiger partial charge in [-0.3, -0.25) is 24.7 Å². The molecule has 4 aromatic carbocycles. The first-order chi connectivity index (χ1) is 40.0.